The fraction of sp³-hybridized carbons (Fsp3) is 0.763. The number of carbonyl (C=O) groups is 12. The van der Waals surface area contributed by atoms with Gasteiger partial charge in [0.1, 0.15) is 47.8 Å². The summed E-state index contributed by atoms with van der Waals surface area (Å²) in [5.41, 5.74) is -2.33. The number of piperidine rings is 1. The number of benzene rings is 1. The highest BCUT2D eigenvalue weighted by Gasteiger charge is 2.52. The minimum atomic E-state index is -4.76. The molecule has 1 aromatic rings. The first kappa shape index (κ1) is 82.6. The van der Waals surface area contributed by atoms with Crippen LogP contribution in [-0.2, 0) is 70.1 Å². The van der Waals surface area contributed by atoms with Crippen molar-refractivity contribution in [1.29, 1.82) is 0 Å². The molecule has 8 rings (SSSR count). The Balaban J connectivity index is 1.18. The number of fused-ring (bicyclic) bond motifs is 1. The average molecular weight is 1480 g/mol. The van der Waals surface area contributed by atoms with Gasteiger partial charge in [-0.2, -0.15) is 13.2 Å². The van der Waals surface area contributed by atoms with Gasteiger partial charge in [0.05, 0.1) is 36.6 Å². The van der Waals surface area contributed by atoms with Crippen molar-refractivity contribution in [1.82, 2.24) is 60.0 Å². The van der Waals surface area contributed by atoms with Gasteiger partial charge in [-0.1, -0.05) is 134 Å². The Morgan fingerprint density at radius 2 is 1.13 bits per heavy atom. The standard InChI is InChI=1S/C76H116ClF3N12O12/c1-10-49(2)65-72(102)86(5)47-63(95)84(3)48-64(96)88(7)59(44-51-28-17-12-18-29-51)70(100)85(4)46-61(93)81-56(36-34-52-33-35-54(55(77)42-52)76(78,79)80)69(99)92-41-25-32-57(92)68(98)83-75(37-21-22-38-75)74(104)90(9)66(53-30-19-13-20-31-53)73(103)89(8)60(71(101)91-39-23-14-24-40-91)45-62(94)87(6)58(67(97)82-65)43-50-26-15-11-16-27-50/h33,35,42,49-51,53,56-60,65-66H,10-32,34,36-41,43-48H2,1-9H3,(H,81,93)(H,82,97)(H,83,98)/t49-,56-,57-,58-,59-,60-,65-,66-/m0/s1. The molecule has 3 aliphatic heterocycles. The van der Waals surface area contributed by atoms with Crippen LogP contribution in [0.5, 0.6) is 0 Å². The number of nitrogens with zero attached hydrogens (tertiary/aromatic N) is 9. The molecule has 24 nitrogen and oxygen atoms in total. The largest absolute Gasteiger partial charge is 0.417 e. The van der Waals surface area contributed by atoms with E-state index in [1.54, 1.807) is 11.8 Å². The van der Waals surface area contributed by atoms with Gasteiger partial charge < -0.3 is 60.0 Å². The van der Waals surface area contributed by atoms with Gasteiger partial charge in [0.25, 0.3) is 0 Å². The first-order chi connectivity index (χ1) is 49.3. The third-order valence-corrected chi connectivity index (χ3v) is 24.2. The maximum absolute atomic E-state index is 15.9. The van der Waals surface area contributed by atoms with Crippen LogP contribution >= 0.6 is 11.6 Å². The maximum Gasteiger partial charge on any atom is 0.417 e. The van der Waals surface area contributed by atoms with Crippen molar-refractivity contribution in [2.45, 2.75) is 260 Å². The molecule has 3 saturated heterocycles. The van der Waals surface area contributed by atoms with Gasteiger partial charge in [0.15, 0.2) is 0 Å². The second-order valence-corrected chi connectivity index (χ2v) is 31.7. The van der Waals surface area contributed by atoms with Gasteiger partial charge in [-0.05, 0) is 125 Å². The lowest BCUT2D eigenvalue weighted by Crippen LogP contribution is -2.65. The normalized spacial score (nSPS) is 27.4. The van der Waals surface area contributed by atoms with Crippen molar-refractivity contribution in [3.8, 4) is 0 Å². The highest BCUT2D eigenvalue weighted by Crippen LogP contribution is 2.39. The molecule has 1 spiro atoms. The van der Waals surface area contributed by atoms with E-state index in [4.69, 9.17) is 11.6 Å². The third kappa shape index (κ3) is 20.7. The zero-order valence-corrected chi connectivity index (χ0v) is 63.7. The monoisotopic (exact) mass is 1480 g/mol. The van der Waals surface area contributed by atoms with E-state index in [1.807, 2.05) is 6.92 Å². The Morgan fingerprint density at radius 3 is 1.72 bits per heavy atom. The number of hydrogen-bond acceptors (Lipinski definition) is 12. The zero-order valence-electron chi connectivity index (χ0n) is 63.0. The van der Waals surface area contributed by atoms with Gasteiger partial charge >= 0.3 is 6.18 Å². The van der Waals surface area contributed by atoms with Crippen LogP contribution in [0.15, 0.2) is 18.2 Å². The Labute approximate surface area is 617 Å². The molecular formula is C76H116ClF3N12O12. The smallest absolute Gasteiger partial charge is 0.343 e. The molecular weight excluding hydrogens is 1370 g/mol. The molecule has 7 aliphatic rings. The number of likely N-dealkylation sites (tertiary alicyclic amines) is 1. The number of alkyl halides is 3. The molecule has 1 aromatic carbocycles. The fourth-order valence-corrected chi connectivity index (χ4v) is 17.5. The number of amides is 12. The molecule has 8 atom stereocenters. The van der Waals surface area contributed by atoms with Crippen molar-refractivity contribution in [3.63, 3.8) is 0 Å². The lowest BCUT2D eigenvalue weighted by Gasteiger charge is -2.43. The lowest BCUT2D eigenvalue weighted by molar-refractivity contribution is -0.157. The van der Waals surface area contributed by atoms with E-state index in [0.29, 0.717) is 70.0 Å². The maximum atomic E-state index is 15.9. The third-order valence-electron chi connectivity index (χ3n) is 23.9. The summed E-state index contributed by atoms with van der Waals surface area (Å²) in [5.74, 6) is -8.27. The number of rotatable bonds is 11. The molecule has 3 heterocycles. The molecule has 4 saturated carbocycles. The Morgan fingerprint density at radius 1 is 0.577 bits per heavy atom. The van der Waals surface area contributed by atoms with E-state index in [-0.39, 0.29) is 63.3 Å². The number of nitrogens with one attached hydrogen (secondary N) is 3. The second-order valence-electron chi connectivity index (χ2n) is 31.3. The average Bonchev–Trinajstić information content (AvgIpc) is 1.70. The predicted molar refractivity (Wildman–Crippen MR) is 385 cm³/mol. The van der Waals surface area contributed by atoms with Crippen LogP contribution in [0.1, 0.15) is 211 Å². The van der Waals surface area contributed by atoms with Crippen LogP contribution in [0.3, 0.4) is 0 Å². The highest BCUT2D eigenvalue weighted by atomic mass is 35.5. The van der Waals surface area contributed by atoms with Gasteiger partial charge in [0.2, 0.25) is 70.9 Å². The second kappa shape index (κ2) is 37.5. The molecule has 0 bridgehead atoms. The predicted octanol–water partition coefficient (Wildman–Crippen LogP) is 7.35. The van der Waals surface area contributed by atoms with Crippen LogP contribution in [-0.4, -0.2) is 251 Å². The summed E-state index contributed by atoms with van der Waals surface area (Å²) in [6.07, 6.45) is 11.8. The van der Waals surface area contributed by atoms with Gasteiger partial charge in [-0.25, -0.2) is 0 Å². The van der Waals surface area contributed by atoms with Gasteiger partial charge in [-0.3, -0.25) is 57.5 Å². The Bertz CT molecular complexity index is 3220. The summed E-state index contributed by atoms with van der Waals surface area (Å²) in [7, 11) is 10.2. The summed E-state index contributed by atoms with van der Waals surface area (Å²) < 4.78 is 41.7. The van der Waals surface area contributed by atoms with E-state index in [2.05, 4.69) is 16.0 Å². The lowest BCUT2D eigenvalue weighted by atomic mass is 9.81. The first-order valence-electron chi connectivity index (χ1n) is 38.5. The molecule has 3 N–H and O–H groups in total. The summed E-state index contributed by atoms with van der Waals surface area (Å²) >= 11 is 6.18. The molecule has 28 heteroatoms. The van der Waals surface area contributed by atoms with Crippen LogP contribution in [0, 0.1) is 23.7 Å². The van der Waals surface area contributed by atoms with Crippen molar-refractivity contribution in [2.75, 3.05) is 88.6 Å². The summed E-state index contributed by atoms with van der Waals surface area (Å²) in [5, 5.41) is 8.31. The van der Waals surface area contributed by atoms with Gasteiger partial charge in [-0.15, -0.1) is 0 Å². The van der Waals surface area contributed by atoms with Crippen LogP contribution in [0.4, 0.5) is 13.2 Å². The molecule has 0 radical (unpaired) electrons. The fourth-order valence-electron chi connectivity index (χ4n) is 17.1. The summed E-state index contributed by atoms with van der Waals surface area (Å²) in [6, 6.07) is -5.42. The first-order valence-corrected chi connectivity index (χ1v) is 38.9. The van der Waals surface area contributed by atoms with E-state index in [1.165, 1.54) is 84.8 Å². The number of carbonyl (C=O) groups excluding carboxylic acids is 12. The SMILES string of the molecule is CC[C@H](C)[C@@H]1NC(=O)[C@H](CC2CCCCC2)N(C)C(=O)C[C@@H](C(=O)N2CCCCC2)N(C)C(=O)[C@H](C2CCCCC2)N(C)C(=O)C2(CCCC2)NC(=O)[C@@H]2CCCN2C(=O)[C@H](CCc2ccc(C(F)(F)F)c(Cl)c2)NC(=O)CN(C)C(=O)[C@H](CC2CCCCC2)N(C)C(=O)CN(C)C(=O)CN(C)C1=O. The van der Waals surface area contributed by atoms with E-state index in [9.17, 15) is 37.1 Å². The van der Waals surface area contributed by atoms with Crippen molar-refractivity contribution >= 4 is 82.5 Å². The number of hydrogen-bond donors (Lipinski definition) is 3. The van der Waals surface area contributed by atoms with Crippen molar-refractivity contribution in [2.24, 2.45) is 23.7 Å². The van der Waals surface area contributed by atoms with Crippen LogP contribution in [0.25, 0.3) is 0 Å². The molecule has 4 aliphatic carbocycles. The summed E-state index contributed by atoms with van der Waals surface area (Å²) in [6.45, 7) is 2.81. The Kier molecular flexibility index (Phi) is 29.7. The quantitative estimate of drug-likeness (QED) is 0.196. The van der Waals surface area contributed by atoms with E-state index >= 15 is 33.6 Å². The minimum absolute atomic E-state index is 0.0216. The number of aryl methyl sites for hydroxylation is 1. The molecule has 0 unspecified atom stereocenters. The van der Waals surface area contributed by atoms with E-state index < -0.39 is 173 Å². The van der Waals surface area contributed by atoms with Crippen molar-refractivity contribution in [3.05, 3.63) is 34.3 Å². The molecule has 580 valence electrons. The molecule has 12 amide bonds. The van der Waals surface area contributed by atoms with Crippen molar-refractivity contribution < 1.29 is 70.7 Å². The Hall–Kier alpha value is -7.06. The molecule has 7 fully saturated rings. The zero-order chi connectivity index (χ0) is 75.9. The van der Waals surface area contributed by atoms with Crippen LogP contribution in [0.2, 0.25) is 5.02 Å². The van der Waals surface area contributed by atoms with E-state index in [0.717, 1.165) is 112 Å². The number of halogens is 4. The molecule has 0 aromatic heterocycles. The topological polar surface area (TPSA) is 270 Å². The summed E-state index contributed by atoms with van der Waals surface area (Å²) in [4.78, 5) is 193. The van der Waals surface area contributed by atoms with Gasteiger partial charge in [0, 0.05) is 69.0 Å². The highest BCUT2D eigenvalue weighted by molar-refractivity contribution is 6.31. The van der Waals surface area contributed by atoms with Crippen LogP contribution < -0.4 is 16.0 Å². The number of likely N-dealkylation sites (N-methyl/N-ethyl adjacent to an activating group) is 7. The molecule has 104 heavy (non-hydrogen) atoms. The minimum Gasteiger partial charge on any atom is -0.343 e.